The molecule has 5 heteroatoms. The van der Waals surface area contributed by atoms with Crippen molar-refractivity contribution >= 4 is 12.1 Å². The van der Waals surface area contributed by atoms with Gasteiger partial charge < -0.3 is 14.6 Å². The van der Waals surface area contributed by atoms with E-state index in [0.717, 1.165) is 0 Å². The molecule has 0 aliphatic rings. The van der Waals surface area contributed by atoms with Crippen molar-refractivity contribution in [3.05, 3.63) is 29.8 Å². The van der Waals surface area contributed by atoms with Crippen LogP contribution >= 0.6 is 0 Å². The van der Waals surface area contributed by atoms with E-state index in [2.05, 4.69) is 0 Å². The molecule has 0 amide bonds. The normalized spacial score (nSPS) is 10.8. The second kappa shape index (κ2) is 5.53. The maximum atomic E-state index is 11.4. The van der Waals surface area contributed by atoms with Crippen molar-refractivity contribution in [3.8, 4) is 5.75 Å². The average Bonchev–Trinajstić information content (AvgIpc) is 2.17. The van der Waals surface area contributed by atoms with E-state index in [4.69, 9.17) is 14.6 Å². The summed E-state index contributed by atoms with van der Waals surface area (Å²) in [6, 6.07) is 6.24. The molecule has 0 aliphatic carbocycles. The topological polar surface area (TPSA) is 72.8 Å². The molecule has 1 rings (SSSR count). The summed E-state index contributed by atoms with van der Waals surface area (Å²) in [5, 5.41) is 8.60. The second-order valence-corrected chi connectivity index (χ2v) is 4.78. The molecule has 0 heterocycles. The van der Waals surface area contributed by atoms with Gasteiger partial charge in [-0.25, -0.2) is 4.79 Å². The first-order chi connectivity index (χ1) is 8.26. The van der Waals surface area contributed by atoms with Crippen molar-refractivity contribution in [2.45, 2.75) is 32.8 Å². The molecule has 0 bridgehead atoms. The third-order valence-electron chi connectivity index (χ3n) is 1.87. The predicted octanol–water partition coefficient (Wildman–Crippen LogP) is 2.63. The Kier molecular flexibility index (Phi) is 4.31. The highest BCUT2D eigenvalue weighted by atomic mass is 16.7. The number of aliphatic carboxylic acids is 1. The lowest BCUT2D eigenvalue weighted by Crippen LogP contribution is -2.25. The number of hydrogen-bond donors (Lipinski definition) is 1. The van der Waals surface area contributed by atoms with Crippen molar-refractivity contribution in [2.75, 3.05) is 0 Å². The van der Waals surface area contributed by atoms with Crippen LogP contribution in [0, 0.1) is 0 Å². The Balaban J connectivity index is 2.58. The monoisotopic (exact) mass is 252 g/mol. The molecule has 1 aromatic carbocycles. The quantitative estimate of drug-likeness (QED) is 0.661. The van der Waals surface area contributed by atoms with Gasteiger partial charge in [-0.1, -0.05) is 12.1 Å². The van der Waals surface area contributed by atoms with Crippen LogP contribution in [0.5, 0.6) is 5.75 Å². The van der Waals surface area contributed by atoms with E-state index >= 15 is 0 Å². The van der Waals surface area contributed by atoms with E-state index in [1.165, 1.54) is 12.1 Å². The third kappa shape index (κ3) is 5.34. The fourth-order valence-electron chi connectivity index (χ4n) is 1.22. The fraction of sp³-hybridized carbons (Fsp3) is 0.385. The molecular formula is C13H16O5. The molecule has 0 aromatic heterocycles. The summed E-state index contributed by atoms with van der Waals surface area (Å²) in [6.45, 7) is 5.22. The van der Waals surface area contributed by atoms with Gasteiger partial charge >= 0.3 is 12.1 Å². The van der Waals surface area contributed by atoms with Crippen LogP contribution in [0.2, 0.25) is 0 Å². The Morgan fingerprint density at radius 3 is 2.17 bits per heavy atom. The Hall–Kier alpha value is -2.04. The second-order valence-electron chi connectivity index (χ2n) is 4.78. The van der Waals surface area contributed by atoms with Gasteiger partial charge in [0.1, 0.15) is 11.4 Å². The molecule has 1 aromatic rings. The number of carbonyl (C=O) groups is 2. The zero-order chi connectivity index (χ0) is 13.8. The predicted molar refractivity (Wildman–Crippen MR) is 64.6 cm³/mol. The zero-order valence-electron chi connectivity index (χ0n) is 10.6. The van der Waals surface area contributed by atoms with Crippen LogP contribution in [-0.2, 0) is 16.0 Å². The molecule has 0 spiro atoms. The number of carboxylic acid groups (broad SMARTS) is 1. The summed E-state index contributed by atoms with van der Waals surface area (Å²) in [5.41, 5.74) is 0.0272. The number of ether oxygens (including phenoxy) is 2. The Morgan fingerprint density at radius 2 is 1.72 bits per heavy atom. The van der Waals surface area contributed by atoms with Crippen molar-refractivity contribution in [1.82, 2.24) is 0 Å². The van der Waals surface area contributed by atoms with Gasteiger partial charge in [0.15, 0.2) is 0 Å². The molecule has 98 valence electrons. The minimum absolute atomic E-state index is 0.0628. The minimum Gasteiger partial charge on any atom is -0.481 e. The van der Waals surface area contributed by atoms with E-state index in [1.54, 1.807) is 32.9 Å². The average molecular weight is 252 g/mol. The van der Waals surface area contributed by atoms with Gasteiger partial charge in [-0.2, -0.15) is 0 Å². The summed E-state index contributed by atoms with van der Waals surface area (Å²) in [6.07, 6.45) is -0.847. The van der Waals surface area contributed by atoms with Crippen molar-refractivity contribution in [1.29, 1.82) is 0 Å². The summed E-state index contributed by atoms with van der Waals surface area (Å²) in [7, 11) is 0. The van der Waals surface area contributed by atoms with Crippen LogP contribution in [0.25, 0.3) is 0 Å². The molecule has 0 saturated heterocycles. The van der Waals surface area contributed by atoms with Crippen LogP contribution in [-0.4, -0.2) is 22.8 Å². The van der Waals surface area contributed by atoms with Crippen LogP contribution in [0.1, 0.15) is 26.3 Å². The molecule has 0 atom stereocenters. The summed E-state index contributed by atoms with van der Waals surface area (Å²) < 4.78 is 9.92. The molecule has 0 radical (unpaired) electrons. The molecule has 0 fully saturated rings. The SMILES string of the molecule is CC(C)(C)OC(=O)Oc1ccc(CC(=O)O)cc1. The molecule has 0 aliphatic heterocycles. The first-order valence-corrected chi connectivity index (χ1v) is 5.48. The number of benzene rings is 1. The van der Waals surface area contributed by atoms with E-state index < -0.39 is 17.7 Å². The highest BCUT2D eigenvalue weighted by Gasteiger charge is 2.17. The summed E-state index contributed by atoms with van der Waals surface area (Å²) in [4.78, 5) is 21.8. The van der Waals surface area contributed by atoms with E-state index in [0.29, 0.717) is 11.3 Å². The van der Waals surface area contributed by atoms with Gasteiger partial charge in [-0.3, -0.25) is 4.79 Å². The number of rotatable bonds is 3. The van der Waals surface area contributed by atoms with E-state index in [1.807, 2.05) is 0 Å². The van der Waals surface area contributed by atoms with Crippen molar-refractivity contribution in [2.24, 2.45) is 0 Å². The lowest BCUT2D eigenvalue weighted by atomic mass is 10.1. The Labute approximate surface area is 105 Å². The van der Waals surface area contributed by atoms with Gasteiger partial charge in [0.25, 0.3) is 0 Å². The van der Waals surface area contributed by atoms with Crippen LogP contribution in [0.4, 0.5) is 4.79 Å². The molecule has 0 unspecified atom stereocenters. The molecule has 0 saturated carbocycles. The van der Waals surface area contributed by atoms with E-state index in [-0.39, 0.29) is 6.42 Å². The molecular weight excluding hydrogens is 236 g/mol. The van der Waals surface area contributed by atoms with Gasteiger partial charge in [0, 0.05) is 0 Å². The fourth-order valence-corrected chi connectivity index (χ4v) is 1.22. The lowest BCUT2D eigenvalue weighted by Gasteiger charge is -2.18. The van der Waals surface area contributed by atoms with Gasteiger partial charge in [0.2, 0.25) is 0 Å². The largest absolute Gasteiger partial charge is 0.514 e. The molecule has 1 N–H and O–H groups in total. The van der Waals surface area contributed by atoms with Crippen LogP contribution in [0.3, 0.4) is 0 Å². The van der Waals surface area contributed by atoms with E-state index in [9.17, 15) is 9.59 Å². The summed E-state index contributed by atoms with van der Waals surface area (Å²) in [5.74, 6) is -0.589. The first kappa shape index (κ1) is 14.0. The molecule has 5 nitrogen and oxygen atoms in total. The Bertz CT molecular complexity index is 428. The summed E-state index contributed by atoms with van der Waals surface area (Å²) >= 11 is 0. The molecule has 18 heavy (non-hydrogen) atoms. The van der Waals surface area contributed by atoms with Crippen molar-refractivity contribution < 1.29 is 24.2 Å². The van der Waals surface area contributed by atoms with Gasteiger partial charge in [-0.15, -0.1) is 0 Å². The number of hydrogen-bond acceptors (Lipinski definition) is 4. The highest BCUT2D eigenvalue weighted by molar-refractivity contribution is 5.70. The standard InChI is InChI=1S/C13H16O5/c1-13(2,3)18-12(16)17-10-6-4-9(5-7-10)8-11(14)15/h4-7H,8H2,1-3H3,(H,14,15). The van der Waals surface area contributed by atoms with Crippen molar-refractivity contribution in [3.63, 3.8) is 0 Å². The maximum Gasteiger partial charge on any atom is 0.514 e. The van der Waals surface area contributed by atoms with Gasteiger partial charge in [-0.05, 0) is 38.5 Å². The van der Waals surface area contributed by atoms with Gasteiger partial charge in [0.05, 0.1) is 6.42 Å². The third-order valence-corrected chi connectivity index (χ3v) is 1.87. The first-order valence-electron chi connectivity index (χ1n) is 5.48. The maximum absolute atomic E-state index is 11.4. The highest BCUT2D eigenvalue weighted by Crippen LogP contribution is 2.15. The number of carbonyl (C=O) groups excluding carboxylic acids is 1. The lowest BCUT2D eigenvalue weighted by molar-refractivity contribution is -0.136. The van der Waals surface area contributed by atoms with Crippen LogP contribution < -0.4 is 4.74 Å². The zero-order valence-corrected chi connectivity index (χ0v) is 10.6. The van der Waals surface area contributed by atoms with Crippen LogP contribution in [0.15, 0.2) is 24.3 Å². The Morgan fingerprint density at radius 1 is 1.17 bits per heavy atom. The number of carboxylic acids is 1. The smallest absolute Gasteiger partial charge is 0.481 e. The minimum atomic E-state index is -0.907.